The van der Waals surface area contributed by atoms with Gasteiger partial charge in [-0.1, -0.05) is 80.1 Å². The lowest BCUT2D eigenvalue weighted by atomic mass is 9.97. The highest BCUT2D eigenvalue weighted by Gasteiger charge is 2.61. The fourth-order valence-electron chi connectivity index (χ4n) is 3.70. The molecule has 2 atom stereocenters. The molecule has 3 rings (SSSR count). The van der Waals surface area contributed by atoms with Crippen molar-refractivity contribution in [2.24, 2.45) is 17.3 Å². The Hall–Kier alpha value is -2.06. The van der Waals surface area contributed by atoms with Crippen LogP contribution in [-0.4, -0.2) is 5.97 Å². The molecule has 136 valence electrons. The Bertz CT molecular complexity index is 833. The highest BCUT2D eigenvalue weighted by Crippen LogP contribution is 2.60. The van der Waals surface area contributed by atoms with Gasteiger partial charge >= 0.3 is 5.97 Å². The number of rotatable bonds is 5. The van der Waals surface area contributed by atoms with Crippen LogP contribution in [0.25, 0.3) is 11.1 Å². The van der Waals surface area contributed by atoms with E-state index in [2.05, 4.69) is 39.0 Å². The molecule has 0 saturated heterocycles. The third-order valence-electron chi connectivity index (χ3n) is 5.47. The topological polar surface area (TPSA) is 26.3 Å². The Labute approximate surface area is 160 Å². The van der Waals surface area contributed by atoms with Gasteiger partial charge in [-0.05, 0) is 47.4 Å². The number of hydrogen-bond donors (Lipinski definition) is 0. The lowest BCUT2D eigenvalue weighted by Gasteiger charge is -2.12. The van der Waals surface area contributed by atoms with Crippen LogP contribution < -0.4 is 0 Å². The van der Waals surface area contributed by atoms with Crippen LogP contribution >= 0.6 is 11.6 Å². The van der Waals surface area contributed by atoms with Crippen LogP contribution in [0.2, 0.25) is 0 Å². The van der Waals surface area contributed by atoms with Gasteiger partial charge in [-0.15, -0.1) is 0 Å². The monoisotopic (exact) mass is 368 g/mol. The maximum atomic E-state index is 12.6. The zero-order valence-corrected chi connectivity index (χ0v) is 16.5. The quantitative estimate of drug-likeness (QED) is 0.594. The van der Waals surface area contributed by atoms with Gasteiger partial charge in [-0.3, -0.25) is 4.79 Å². The molecule has 1 fully saturated rings. The molecule has 0 bridgehead atoms. The van der Waals surface area contributed by atoms with Gasteiger partial charge in [-0.2, -0.15) is 0 Å². The fourth-order valence-corrected chi connectivity index (χ4v) is 3.83. The van der Waals surface area contributed by atoms with Crippen molar-refractivity contribution in [1.82, 2.24) is 0 Å². The van der Waals surface area contributed by atoms with Gasteiger partial charge in [0.25, 0.3) is 0 Å². The van der Waals surface area contributed by atoms with Gasteiger partial charge in [0.15, 0.2) is 0 Å². The standard InChI is InChI=1S/C23H25ClO2/c1-15(24)13-20-21(23(20,3)4)22(25)26-14-18-11-8-12-19(16(18)2)17-9-6-5-7-10-17/h5-13,20-21H,14H2,1-4H3/b15-13+. The van der Waals surface area contributed by atoms with Gasteiger partial charge in [0.1, 0.15) is 6.61 Å². The third kappa shape index (κ3) is 3.71. The van der Waals surface area contributed by atoms with E-state index in [-0.39, 0.29) is 23.2 Å². The predicted molar refractivity (Wildman–Crippen MR) is 107 cm³/mol. The van der Waals surface area contributed by atoms with Crippen molar-refractivity contribution in [3.05, 3.63) is 70.8 Å². The number of carbonyl (C=O) groups is 1. The molecule has 2 aromatic carbocycles. The van der Waals surface area contributed by atoms with Crippen molar-refractivity contribution in [1.29, 1.82) is 0 Å². The molecule has 0 heterocycles. The molecule has 2 aromatic rings. The fraction of sp³-hybridized carbons (Fsp3) is 0.348. The molecule has 0 aliphatic heterocycles. The zero-order chi connectivity index (χ0) is 18.9. The van der Waals surface area contributed by atoms with E-state index in [0.717, 1.165) is 16.2 Å². The molecule has 26 heavy (non-hydrogen) atoms. The number of esters is 1. The smallest absolute Gasteiger partial charge is 0.310 e. The van der Waals surface area contributed by atoms with Gasteiger partial charge < -0.3 is 4.74 Å². The molecular formula is C23H25ClO2. The number of carbonyl (C=O) groups excluding carboxylic acids is 1. The molecule has 1 aliphatic carbocycles. The van der Waals surface area contributed by atoms with Gasteiger partial charge in [-0.25, -0.2) is 0 Å². The summed E-state index contributed by atoms with van der Waals surface area (Å²) in [6.45, 7) is 8.39. The number of halogens is 1. The first kappa shape index (κ1) is 18.7. The molecule has 0 spiro atoms. The first-order valence-corrected chi connectivity index (χ1v) is 9.34. The molecule has 2 nitrogen and oxygen atoms in total. The average molecular weight is 369 g/mol. The molecular weight excluding hydrogens is 344 g/mol. The largest absolute Gasteiger partial charge is 0.461 e. The van der Waals surface area contributed by atoms with E-state index in [1.807, 2.05) is 43.3 Å². The Balaban J connectivity index is 1.71. The SMILES string of the molecule is C/C(Cl)=C\C1C(C(=O)OCc2cccc(-c3ccccc3)c2C)C1(C)C. The van der Waals surface area contributed by atoms with E-state index in [1.165, 1.54) is 11.1 Å². The Morgan fingerprint density at radius 1 is 1.15 bits per heavy atom. The maximum Gasteiger partial charge on any atom is 0.310 e. The molecule has 2 unspecified atom stereocenters. The molecule has 0 aromatic heterocycles. The number of ether oxygens (including phenoxy) is 1. The molecule has 0 radical (unpaired) electrons. The van der Waals surface area contributed by atoms with E-state index >= 15 is 0 Å². The Kier molecular flexibility index (Phi) is 5.24. The normalized spacial score (nSPS) is 21.3. The molecule has 3 heteroatoms. The third-order valence-corrected chi connectivity index (χ3v) is 5.60. The van der Waals surface area contributed by atoms with Crippen molar-refractivity contribution in [3.8, 4) is 11.1 Å². The highest BCUT2D eigenvalue weighted by molar-refractivity contribution is 6.29. The van der Waals surface area contributed by atoms with E-state index < -0.39 is 0 Å². The Morgan fingerprint density at radius 3 is 2.50 bits per heavy atom. The summed E-state index contributed by atoms with van der Waals surface area (Å²) in [6, 6.07) is 16.4. The van der Waals surface area contributed by atoms with Crippen LogP contribution in [0.3, 0.4) is 0 Å². The minimum absolute atomic E-state index is 0.0891. The van der Waals surface area contributed by atoms with Crippen LogP contribution in [0.4, 0.5) is 0 Å². The van der Waals surface area contributed by atoms with Crippen molar-refractivity contribution in [3.63, 3.8) is 0 Å². The van der Waals surface area contributed by atoms with Crippen molar-refractivity contribution >= 4 is 17.6 Å². The van der Waals surface area contributed by atoms with Crippen LogP contribution in [0, 0.1) is 24.2 Å². The number of hydrogen-bond acceptors (Lipinski definition) is 2. The second kappa shape index (κ2) is 7.28. The van der Waals surface area contributed by atoms with Crippen LogP contribution in [0.15, 0.2) is 59.6 Å². The molecule has 1 saturated carbocycles. The Morgan fingerprint density at radius 2 is 1.85 bits per heavy atom. The van der Waals surface area contributed by atoms with E-state index in [0.29, 0.717) is 6.61 Å². The summed E-state index contributed by atoms with van der Waals surface area (Å²) >= 11 is 5.99. The molecule has 0 N–H and O–H groups in total. The second-order valence-electron chi connectivity index (χ2n) is 7.64. The highest BCUT2D eigenvalue weighted by atomic mass is 35.5. The summed E-state index contributed by atoms with van der Waals surface area (Å²) in [4.78, 5) is 12.6. The van der Waals surface area contributed by atoms with Crippen molar-refractivity contribution in [2.75, 3.05) is 0 Å². The lowest BCUT2D eigenvalue weighted by Crippen LogP contribution is -2.11. The van der Waals surface area contributed by atoms with Crippen LogP contribution in [-0.2, 0) is 16.1 Å². The first-order valence-electron chi connectivity index (χ1n) is 8.97. The van der Waals surface area contributed by atoms with Crippen LogP contribution in [0.5, 0.6) is 0 Å². The number of allylic oxidation sites excluding steroid dienone is 2. The minimum Gasteiger partial charge on any atom is -0.461 e. The maximum absolute atomic E-state index is 12.6. The summed E-state index contributed by atoms with van der Waals surface area (Å²) in [6.07, 6.45) is 1.97. The summed E-state index contributed by atoms with van der Waals surface area (Å²) in [5, 5.41) is 0.727. The summed E-state index contributed by atoms with van der Waals surface area (Å²) in [5.41, 5.74) is 4.44. The van der Waals surface area contributed by atoms with Gasteiger partial charge in [0.05, 0.1) is 5.92 Å². The van der Waals surface area contributed by atoms with E-state index in [1.54, 1.807) is 0 Å². The van der Waals surface area contributed by atoms with Gasteiger partial charge in [0.2, 0.25) is 0 Å². The van der Waals surface area contributed by atoms with Crippen LogP contribution in [0.1, 0.15) is 31.9 Å². The second-order valence-corrected chi connectivity index (χ2v) is 8.24. The zero-order valence-electron chi connectivity index (χ0n) is 15.8. The van der Waals surface area contributed by atoms with Crippen molar-refractivity contribution < 1.29 is 9.53 Å². The summed E-state index contributed by atoms with van der Waals surface area (Å²) < 4.78 is 5.66. The van der Waals surface area contributed by atoms with E-state index in [4.69, 9.17) is 16.3 Å². The predicted octanol–water partition coefficient (Wildman–Crippen LogP) is 6.12. The average Bonchev–Trinajstić information content (AvgIpc) is 3.14. The van der Waals surface area contributed by atoms with Crippen molar-refractivity contribution in [2.45, 2.75) is 34.3 Å². The van der Waals surface area contributed by atoms with E-state index in [9.17, 15) is 4.79 Å². The molecule has 1 aliphatic rings. The number of benzene rings is 2. The lowest BCUT2D eigenvalue weighted by molar-refractivity contribution is -0.147. The summed E-state index contributed by atoms with van der Waals surface area (Å²) in [7, 11) is 0. The molecule has 0 amide bonds. The first-order chi connectivity index (χ1) is 12.3. The minimum atomic E-state index is -0.140. The van der Waals surface area contributed by atoms with Gasteiger partial charge in [0, 0.05) is 5.03 Å². The summed E-state index contributed by atoms with van der Waals surface area (Å²) in [5.74, 6) is -0.100.